The first kappa shape index (κ1) is 9.54. The summed E-state index contributed by atoms with van der Waals surface area (Å²) < 4.78 is 5.27. The van der Waals surface area contributed by atoms with Gasteiger partial charge < -0.3 is 9.84 Å². The van der Waals surface area contributed by atoms with Crippen LogP contribution in [0, 0.1) is 0 Å². The smallest absolute Gasteiger partial charge is 0.257 e. The van der Waals surface area contributed by atoms with Crippen LogP contribution in [-0.4, -0.2) is 23.2 Å². The van der Waals surface area contributed by atoms with E-state index in [-0.39, 0.29) is 0 Å². The number of benzene rings is 1. The monoisotopic (exact) mass is 215 g/mol. The van der Waals surface area contributed by atoms with E-state index >= 15 is 0 Å². The SMILES string of the molecule is c1ccc(-c2nc(C3CCNC3)no2)cc1. The first-order valence-electron chi connectivity index (χ1n) is 5.53. The van der Waals surface area contributed by atoms with Gasteiger partial charge in [0.1, 0.15) is 0 Å². The molecule has 4 nitrogen and oxygen atoms in total. The molecule has 1 aliphatic rings. The molecule has 1 aliphatic heterocycles. The Bertz CT molecular complexity index is 460. The summed E-state index contributed by atoms with van der Waals surface area (Å²) in [5.41, 5.74) is 0.979. The van der Waals surface area contributed by atoms with Crippen molar-refractivity contribution in [2.24, 2.45) is 0 Å². The van der Waals surface area contributed by atoms with Gasteiger partial charge in [-0.05, 0) is 25.1 Å². The minimum absolute atomic E-state index is 0.404. The maximum atomic E-state index is 5.27. The second-order valence-corrected chi connectivity index (χ2v) is 4.01. The maximum absolute atomic E-state index is 5.27. The van der Waals surface area contributed by atoms with E-state index in [0.29, 0.717) is 11.8 Å². The topological polar surface area (TPSA) is 51.0 Å². The highest BCUT2D eigenvalue weighted by atomic mass is 16.5. The molecule has 1 aromatic carbocycles. The zero-order valence-corrected chi connectivity index (χ0v) is 8.89. The van der Waals surface area contributed by atoms with E-state index in [1.807, 2.05) is 30.3 Å². The lowest BCUT2D eigenvalue weighted by atomic mass is 10.1. The molecule has 1 aromatic heterocycles. The van der Waals surface area contributed by atoms with E-state index in [1.165, 1.54) is 0 Å². The Kier molecular flexibility index (Phi) is 2.42. The summed E-state index contributed by atoms with van der Waals surface area (Å²) in [6.45, 7) is 1.99. The van der Waals surface area contributed by atoms with Crippen LogP contribution in [0.2, 0.25) is 0 Å². The Morgan fingerprint density at radius 3 is 2.88 bits per heavy atom. The maximum Gasteiger partial charge on any atom is 0.257 e. The Morgan fingerprint density at radius 2 is 2.12 bits per heavy atom. The molecule has 3 rings (SSSR count). The number of hydrogen-bond acceptors (Lipinski definition) is 4. The zero-order chi connectivity index (χ0) is 10.8. The third kappa shape index (κ3) is 1.72. The van der Waals surface area contributed by atoms with Crippen molar-refractivity contribution in [1.29, 1.82) is 0 Å². The predicted molar refractivity (Wildman–Crippen MR) is 60.0 cm³/mol. The van der Waals surface area contributed by atoms with Crippen molar-refractivity contribution in [3.63, 3.8) is 0 Å². The quantitative estimate of drug-likeness (QED) is 0.830. The standard InChI is InChI=1S/C12H13N3O/c1-2-4-9(5-3-1)12-14-11(15-16-12)10-6-7-13-8-10/h1-5,10,13H,6-8H2. The molecule has 0 amide bonds. The van der Waals surface area contributed by atoms with Crippen molar-refractivity contribution >= 4 is 0 Å². The Hall–Kier alpha value is -1.68. The number of nitrogens with zero attached hydrogens (tertiary/aromatic N) is 2. The molecule has 1 N–H and O–H groups in total. The fraction of sp³-hybridized carbons (Fsp3) is 0.333. The fourth-order valence-corrected chi connectivity index (χ4v) is 1.97. The molecule has 0 spiro atoms. The molecule has 4 heteroatoms. The van der Waals surface area contributed by atoms with E-state index < -0.39 is 0 Å². The Labute approximate surface area is 93.7 Å². The van der Waals surface area contributed by atoms with E-state index in [2.05, 4.69) is 15.5 Å². The van der Waals surface area contributed by atoms with Gasteiger partial charge in [0.15, 0.2) is 5.82 Å². The van der Waals surface area contributed by atoms with E-state index in [9.17, 15) is 0 Å². The lowest BCUT2D eigenvalue weighted by molar-refractivity contribution is 0.417. The van der Waals surface area contributed by atoms with Crippen molar-refractivity contribution in [1.82, 2.24) is 15.5 Å². The summed E-state index contributed by atoms with van der Waals surface area (Å²) in [5, 5.41) is 7.35. The molecule has 82 valence electrons. The van der Waals surface area contributed by atoms with Gasteiger partial charge in [-0.1, -0.05) is 23.4 Å². The summed E-state index contributed by atoms with van der Waals surface area (Å²) in [4.78, 5) is 4.44. The minimum Gasteiger partial charge on any atom is -0.334 e. The normalized spacial score (nSPS) is 20.1. The highest BCUT2D eigenvalue weighted by Crippen LogP contribution is 2.23. The van der Waals surface area contributed by atoms with Gasteiger partial charge in [-0.25, -0.2) is 0 Å². The van der Waals surface area contributed by atoms with Gasteiger partial charge in [0.05, 0.1) is 0 Å². The molecule has 1 unspecified atom stereocenters. The van der Waals surface area contributed by atoms with Gasteiger partial charge in [-0.2, -0.15) is 4.98 Å². The van der Waals surface area contributed by atoms with E-state index in [1.54, 1.807) is 0 Å². The molecule has 0 bridgehead atoms. The highest BCUT2D eigenvalue weighted by Gasteiger charge is 2.22. The lowest BCUT2D eigenvalue weighted by Crippen LogP contribution is -2.08. The van der Waals surface area contributed by atoms with Crippen LogP contribution in [0.15, 0.2) is 34.9 Å². The third-order valence-electron chi connectivity index (χ3n) is 2.89. The van der Waals surface area contributed by atoms with Gasteiger partial charge in [0, 0.05) is 18.0 Å². The van der Waals surface area contributed by atoms with E-state index in [4.69, 9.17) is 4.52 Å². The third-order valence-corrected chi connectivity index (χ3v) is 2.89. The summed E-state index contributed by atoms with van der Waals surface area (Å²) in [6, 6.07) is 9.86. The number of hydrogen-bond donors (Lipinski definition) is 1. The van der Waals surface area contributed by atoms with Crippen LogP contribution >= 0.6 is 0 Å². The zero-order valence-electron chi connectivity index (χ0n) is 8.89. The van der Waals surface area contributed by atoms with Crippen molar-refractivity contribution < 1.29 is 4.52 Å². The molecule has 1 atom stereocenters. The molecule has 2 aromatic rings. The molecule has 16 heavy (non-hydrogen) atoms. The summed E-state index contributed by atoms with van der Waals surface area (Å²) in [6.07, 6.45) is 1.09. The molecular weight excluding hydrogens is 202 g/mol. The molecule has 0 radical (unpaired) electrons. The highest BCUT2D eigenvalue weighted by molar-refractivity contribution is 5.52. The van der Waals surface area contributed by atoms with Crippen molar-refractivity contribution in [2.45, 2.75) is 12.3 Å². The number of aromatic nitrogens is 2. The molecule has 1 saturated heterocycles. The number of rotatable bonds is 2. The Balaban J connectivity index is 1.87. The average Bonchev–Trinajstić information content (AvgIpc) is 3.01. The second-order valence-electron chi connectivity index (χ2n) is 4.01. The van der Waals surface area contributed by atoms with Crippen LogP contribution in [-0.2, 0) is 0 Å². The van der Waals surface area contributed by atoms with Crippen LogP contribution in [0.25, 0.3) is 11.5 Å². The summed E-state index contributed by atoms with van der Waals surface area (Å²) in [7, 11) is 0. The van der Waals surface area contributed by atoms with Crippen LogP contribution < -0.4 is 5.32 Å². The van der Waals surface area contributed by atoms with Crippen molar-refractivity contribution in [3.8, 4) is 11.5 Å². The lowest BCUT2D eigenvalue weighted by Gasteiger charge is -1.98. The molecule has 0 aliphatic carbocycles. The van der Waals surface area contributed by atoms with Gasteiger partial charge >= 0.3 is 0 Å². The van der Waals surface area contributed by atoms with Crippen LogP contribution in [0.1, 0.15) is 18.2 Å². The van der Waals surface area contributed by atoms with Crippen LogP contribution in [0.5, 0.6) is 0 Å². The molecule has 1 fully saturated rings. The minimum atomic E-state index is 0.404. The molecular formula is C12H13N3O. The molecule has 2 heterocycles. The summed E-state index contributed by atoms with van der Waals surface area (Å²) in [5.74, 6) is 1.84. The van der Waals surface area contributed by atoms with Gasteiger partial charge in [0.2, 0.25) is 0 Å². The second kappa shape index (κ2) is 4.06. The number of nitrogens with one attached hydrogen (secondary N) is 1. The summed E-state index contributed by atoms with van der Waals surface area (Å²) >= 11 is 0. The van der Waals surface area contributed by atoms with Crippen LogP contribution in [0.4, 0.5) is 0 Å². The molecule has 0 saturated carbocycles. The largest absolute Gasteiger partial charge is 0.334 e. The first-order chi connectivity index (χ1) is 7.93. The van der Waals surface area contributed by atoms with E-state index in [0.717, 1.165) is 30.9 Å². The van der Waals surface area contributed by atoms with Gasteiger partial charge in [-0.3, -0.25) is 0 Å². The predicted octanol–water partition coefficient (Wildman–Crippen LogP) is 1.81. The first-order valence-corrected chi connectivity index (χ1v) is 5.53. The van der Waals surface area contributed by atoms with Crippen molar-refractivity contribution in [3.05, 3.63) is 36.2 Å². The fourth-order valence-electron chi connectivity index (χ4n) is 1.97. The van der Waals surface area contributed by atoms with Crippen LogP contribution in [0.3, 0.4) is 0 Å². The van der Waals surface area contributed by atoms with Crippen molar-refractivity contribution in [2.75, 3.05) is 13.1 Å². The Morgan fingerprint density at radius 1 is 1.25 bits per heavy atom. The van der Waals surface area contributed by atoms with Gasteiger partial charge in [0.25, 0.3) is 5.89 Å². The van der Waals surface area contributed by atoms with Gasteiger partial charge in [-0.15, -0.1) is 0 Å². The average molecular weight is 215 g/mol.